The van der Waals surface area contributed by atoms with Gasteiger partial charge in [-0.25, -0.2) is 4.98 Å². The van der Waals surface area contributed by atoms with Crippen LogP contribution in [0, 0.1) is 0 Å². The third-order valence-electron chi connectivity index (χ3n) is 4.03. The average Bonchev–Trinajstić information content (AvgIpc) is 2.96. The maximum Gasteiger partial charge on any atom is 0.269 e. The maximum atomic E-state index is 5.99. The Bertz CT molecular complexity index is 366. The lowest BCUT2D eigenvalue weighted by atomic mass is 9.99. The quantitative estimate of drug-likeness (QED) is 0.702. The van der Waals surface area contributed by atoms with Crippen LogP contribution in [0.15, 0.2) is 18.7 Å². The second kappa shape index (κ2) is 9.11. The van der Waals surface area contributed by atoms with E-state index in [1.54, 1.807) is 17.1 Å². The summed E-state index contributed by atoms with van der Waals surface area (Å²) in [5.74, 6) is 0. The summed E-state index contributed by atoms with van der Waals surface area (Å²) < 4.78 is 7.78. The zero-order valence-corrected chi connectivity index (χ0v) is 13.1. The fourth-order valence-corrected chi connectivity index (χ4v) is 3.06. The summed E-state index contributed by atoms with van der Waals surface area (Å²) in [6, 6.07) is 0. The lowest BCUT2D eigenvalue weighted by molar-refractivity contribution is 0.157. The van der Waals surface area contributed by atoms with Crippen molar-refractivity contribution >= 4 is 17.4 Å². The highest BCUT2D eigenvalue weighted by Gasteiger charge is 2.13. The molecule has 0 unspecified atom stereocenters. The molecule has 0 N–H and O–H groups in total. The standard InChI is InChI=1S/C16H26N2OS/c20-16(18-13-12-17-14-18)19-15-10-8-6-4-2-1-3-5-7-9-11-15/h12-15H,1-11H2. The number of nitrogens with zero attached hydrogens (tertiary/aromatic N) is 2. The molecule has 1 aromatic heterocycles. The lowest BCUT2D eigenvalue weighted by Gasteiger charge is -2.20. The van der Waals surface area contributed by atoms with Crippen molar-refractivity contribution < 1.29 is 4.74 Å². The monoisotopic (exact) mass is 294 g/mol. The Hall–Kier alpha value is -0.900. The van der Waals surface area contributed by atoms with Crippen LogP contribution in [0.3, 0.4) is 0 Å². The summed E-state index contributed by atoms with van der Waals surface area (Å²) in [7, 11) is 0. The van der Waals surface area contributed by atoms with Crippen molar-refractivity contribution in [1.29, 1.82) is 0 Å². The van der Waals surface area contributed by atoms with E-state index in [1.807, 2.05) is 6.20 Å². The van der Waals surface area contributed by atoms with Gasteiger partial charge in [0.25, 0.3) is 5.17 Å². The Morgan fingerprint density at radius 2 is 1.50 bits per heavy atom. The molecular formula is C16H26N2OS. The van der Waals surface area contributed by atoms with Gasteiger partial charge in [-0.05, 0) is 37.9 Å². The van der Waals surface area contributed by atoms with Gasteiger partial charge < -0.3 is 4.74 Å². The van der Waals surface area contributed by atoms with E-state index in [0.717, 1.165) is 12.8 Å². The third-order valence-corrected chi connectivity index (χ3v) is 4.34. The van der Waals surface area contributed by atoms with Crippen LogP contribution >= 0.6 is 12.2 Å². The zero-order valence-electron chi connectivity index (χ0n) is 12.3. The van der Waals surface area contributed by atoms with E-state index in [9.17, 15) is 0 Å². The van der Waals surface area contributed by atoms with E-state index in [4.69, 9.17) is 17.0 Å². The van der Waals surface area contributed by atoms with Gasteiger partial charge in [-0.1, -0.05) is 44.9 Å². The largest absolute Gasteiger partial charge is 0.467 e. The molecule has 1 aliphatic carbocycles. The van der Waals surface area contributed by atoms with Crippen LogP contribution in [-0.2, 0) is 4.74 Å². The van der Waals surface area contributed by atoms with Gasteiger partial charge in [0.1, 0.15) is 12.4 Å². The molecule has 1 aliphatic rings. The normalized spacial score (nSPS) is 19.8. The summed E-state index contributed by atoms with van der Waals surface area (Å²) in [4.78, 5) is 4.02. The molecule has 0 aromatic carbocycles. The van der Waals surface area contributed by atoms with E-state index in [0.29, 0.717) is 5.17 Å². The smallest absolute Gasteiger partial charge is 0.269 e. The van der Waals surface area contributed by atoms with Crippen molar-refractivity contribution in [3.63, 3.8) is 0 Å². The van der Waals surface area contributed by atoms with Gasteiger partial charge in [-0.2, -0.15) is 0 Å². The molecule has 1 fully saturated rings. The second-order valence-electron chi connectivity index (χ2n) is 5.74. The van der Waals surface area contributed by atoms with Crippen LogP contribution in [0.25, 0.3) is 0 Å². The first kappa shape index (κ1) is 15.5. The summed E-state index contributed by atoms with van der Waals surface area (Å²) in [5.41, 5.74) is 0. The Labute approximate surface area is 127 Å². The minimum Gasteiger partial charge on any atom is -0.467 e. The first-order chi connectivity index (χ1) is 9.86. The zero-order chi connectivity index (χ0) is 14.0. The van der Waals surface area contributed by atoms with Gasteiger partial charge in [0, 0.05) is 12.4 Å². The van der Waals surface area contributed by atoms with E-state index in [2.05, 4.69) is 4.98 Å². The molecule has 0 saturated heterocycles. The molecule has 4 heteroatoms. The molecule has 2 rings (SSSR count). The van der Waals surface area contributed by atoms with Gasteiger partial charge in [0.05, 0.1) is 0 Å². The summed E-state index contributed by atoms with van der Waals surface area (Å²) in [5, 5.41) is 0.541. The van der Waals surface area contributed by atoms with E-state index >= 15 is 0 Å². The highest BCUT2D eigenvalue weighted by atomic mass is 32.1. The molecule has 20 heavy (non-hydrogen) atoms. The number of imidazole rings is 1. The fraction of sp³-hybridized carbons (Fsp3) is 0.750. The predicted octanol–water partition coefficient (Wildman–Crippen LogP) is 4.71. The first-order valence-electron chi connectivity index (χ1n) is 8.05. The summed E-state index contributed by atoms with van der Waals surface area (Å²) >= 11 is 5.34. The highest BCUT2D eigenvalue weighted by molar-refractivity contribution is 7.80. The topological polar surface area (TPSA) is 27.1 Å². The van der Waals surface area contributed by atoms with Crippen LogP contribution in [0.1, 0.15) is 70.6 Å². The van der Waals surface area contributed by atoms with Crippen molar-refractivity contribution in [2.45, 2.75) is 76.7 Å². The van der Waals surface area contributed by atoms with Gasteiger partial charge >= 0.3 is 0 Å². The summed E-state index contributed by atoms with van der Waals surface area (Å²) in [6.07, 6.45) is 20.0. The van der Waals surface area contributed by atoms with E-state index < -0.39 is 0 Å². The fourth-order valence-electron chi connectivity index (χ4n) is 2.81. The number of rotatable bonds is 1. The number of hydrogen-bond donors (Lipinski definition) is 0. The van der Waals surface area contributed by atoms with Crippen molar-refractivity contribution in [2.24, 2.45) is 0 Å². The van der Waals surface area contributed by atoms with Crippen LogP contribution in [0.2, 0.25) is 0 Å². The Balaban J connectivity index is 1.81. The van der Waals surface area contributed by atoms with Crippen molar-refractivity contribution in [2.75, 3.05) is 0 Å². The highest BCUT2D eigenvalue weighted by Crippen LogP contribution is 2.19. The molecule has 0 radical (unpaired) electrons. The maximum absolute atomic E-state index is 5.99. The molecule has 0 atom stereocenters. The molecule has 3 nitrogen and oxygen atoms in total. The number of aromatic nitrogens is 2. The average molecular weight is 294 g/mol. The van der Waals surface area contributed by atoms with Crippen LogP contribution < -0.4 is 0 Å². The Kier molecular flexibility index (Phi) is 7.06. The molecule has 0 amide bonds. The lowest BCUT2D eigenvalue weighted by Crippen LogP contribution is -2.21. The SMILES string of the molecule is S=C(OC1CCCCCCCCCCC1)n1ccnc1. The van der Waals surface area contributed by atoms with Gasteiger partial charge in [0.2, 0.25) is 0 Å². The van der Waals surface area contributed by atoms with Crippen LogP contribution in [0.5, 0.6) is 0 Å². The predicted molar refractivity (Wildman–Crippen MR) is 85.9 cm³/mol. The number of thiocarbonyl (C=S) groups is 1. The molecular weight excluding hydrogens is 268 g/mol. The molecule has 112 valence electrons. The van der Waals surface area contributed by atoms with Gasteiger partial charge in [-0.15, -0.1) is 0 Å². The first-order valence-corrected chi connectivity index (χ1v) is 8.46. The van der Waals surface area contributed by atoms with Crippen molar-refractivity contribution in [1.82, 2.24) is 9.55 Å². The van der Waals surface area contributed by atoms with Crippen molar-refractivity contribution in [3.8, 4) is 0 Å². The molecule has 0 spiro atoms. The Morgan fingerprint density at radius 3 is 2.00 bits per heavy atom. The molecule has 1 saturated carbocycles. The second-order valence-corrected chi connectivity index (χ2v) is 6.08. The minimum atomic E-state index is 0.282. The third kappa shape index (κ3) is 5.61. The van der Waals surface area contributed by atoms with Crippen molar-refractivity contribution in [3.05, 3.63) is 18.7 Å². The number of ether oxygens (including phenoxy) is 1. The van der Waals surface area contributed by atoms with Crippen LogP contribution in [0.4, 0.5) is 0 Å². The summed E-state index contributed by atoms with van der Waals surface area (Å²) in [6.45, 7) is 0. The minimum absolute atomic E-state index is 0.282. The molecule has 1 aromatic rings. The van der Waals surface area contributed by atoms with E-state index in [-0.39, 0.29) is 6.10 Å². The molecule has 0 bridgehead atoms. The van der Waals surface area contributed by atoms with Gasteiger partial charge in [0.15, 0.2) is 0 Å². The van der Waals surface area contributed by atoms with E-state index in [1.165, 1.54) is 57.8 Å². The number of hydrogen-bond acceptors (Lipinski definition) is 3. The van der Waals surface area contributed by atoms with Crippen LogP contribution in [-0.4, -0.2) is 20.8 Å². The Morgan fingerprint density at radius 1 is 0.950 bits per heavy atom. The molecule has 1 heterocycles. The molecule has 0 aliphatic heterocycles. The van der Waals surface area contributed by atoms with Gasteiger partial charge in [-0.3, -0.25) is 4.57 Å².